The summed E-state index contributed by atoms with van der Waals surface area (Å²) >= 11 is 0. The number of piperidine rings is 1. The number of pyridine rings is 1. The van der Waals surface area contributed by atoms with Gasteiger partial charge in [0.25, 0.3) is 0 Å². The molecule has 4 nitrogen and oxygen atoms in total. The number of halogens is 3. The average molecular weight is 542 g/mol. The molecule has 2 N–H and O–H groups in total. The van der Waals surface area contributed by atoms with Gasteiger partial charge in [0, 0.05) is 29.4 Å². The van der Waals surface area contributed by atoms with Crippen LogP contribution < -0.4 is 79.5 Å². The molecule has 0 aliphatic carbocycles. The first kappa shape index (κ1) is 29.8. The Hall–Kier alpha value is -0.228. The van der Waals surface area contributed by atoms with E-state index in [1.54, 1.807) is 6.07 Å². The molecule has 0 saturated carbocycles. The molecule has 0 atom stereocenters. The van der Waals surface area contributed by atoms with E-state index in [9.17, 15) is 13.2 Å². The Balaban J connectivity index is 0.00000420. The van der Waals surface area contributed by atoms with Crippen molar-refractivity contribution in [3.05, 3.63) is 50.1 Å². The molecule has 2 heterocycles. The normalized spacial score (nSPS) is 14.8. The molecule has 0 amide bonds. The van der Waals surface area contributed by atoms with Gasteiger partial charge in [-0.1, -0.05) is 32.7 Å². The van der Waals surface area contributed by atoms with Crippen molar-refractivity contribution in [2.45, 2.75) is 38.4 Å². The van der Waals surface area contributed by atoms with Gasteiger partial charge in [0.15, 0.2) is 0 Å². The maximum Gasteiger partial charge on any atom is 1.00 e. The number of alkyl halides is 3. The summed E-state index contributed by atoms with van der Waals surface area (Å²) in [6.45, 7) is 15.5. The second-order valence-corrected chi connectivity index (χ2v) is 7.12. The van der Waals surface area contributed by atoms with Gasteiger partial charge in [-0.3, -0.25) is 0 Å². The Morgan fingerprint density at radius 1 is 1.30 bits per heavy atom. The van der Waals surface area contributed by atoms with E-state index in [-0.39, 0.29) is 93.6 Å². The average Bonchev–Trinajstić information content (AvgIpc) is 2.65. The van der Waals surface area contributed by atoms with Crippen LogP contribution in [0.5, 0.6) is 0 Å². The number of allylic oxidation sites excluding steroid dienone is 1. The van der Waals surface area contributed by atoms with E-state index in [0.717, 1.165) is 32.4 Å². The SMILES string of the molecule is C=Cc1c(C(=C)NC2CCN(C)CC2)cc(NCCC)nc1C(=C)C(F)(F)F.[CH3-].[Cs+]. The first-order valence-corrected chi connectivity index (χ1v) is 9.49. The summed E-state index contributed by atoms with van der Waals surface area (Å²) < 4.78 is 40.0. The number of anilines is 1. The number of hydrogen-bond acceptors (Lipinski definition) is 4. The second kappa shape index (κ2) is 13.3. The molecule has 162 valence electrons. The summed E-state index contributed by atoms with van der Waals surface area (Å²) in [5.41, 5.74) is 0.209. The van der Waals surface area contributed by atoms with E-state index >= 15 is 0 Å². The maximum atomic E-state index is 13.3. The molecule has 0 aromatic carbocycles. The molecule has 0 unspecified atom stereocenters. The Morgan fingerprint density at radius 3 is 2.40 bits per heavy atom. The topological polar surface area (TPSA) is 40.2 Å². The van der Waals surface area contributed by atoms with Gasteiger partial charge in [0.1, 0.15) is 5.82 Å². The zero-order chi connectivity index (χ0) is 20.9. The standard InChI is InChI=1S/C21H29F3N4.CH3.Cs/c1-6-10-25-19-13-18(15(4)26-16-8-11-28(5)12-9-16)17(7-2)20(27-19)14(3)21(22,23)24;;/h7,13,16,26H,2-4,6,8-12H2,1,5H3,(H,25,27);1H3;/q;-1;+1. The van der Waals surface area contributed by atoms with Crippen LogP contribution in [0.3, 0.4) is 0 Å². The molecule has 8 heteroatoms. The van der Waals surface area contributed by atoms with Gasteiger partial charge in [0.05, 0.1) is 11.3 Å². The molecule has 1 aromatic heterocycles. The first-order chi connectivity index (χ1) is 13.2. The van der Waals surface area contributed by atoms with E-state index in [4.69, 9.17) is 0 Å². The molecule has 1 aliphatic rings. The molecular weight excluding hydrogens is 510 g/mol. The summed E-state index contributed by atoms with van der Waals surface area (Å²) in [4.78, 5) is 6.42. The van der Waals surface area contributed by atoms with E-state index in [1.807, 2.05) is 6.92 Å². The third-order valence-electron chi connectivity index (χ3n) is 4.87. The van der Waals surface area contributed by atoms with Crippen molar-refractivity contribution in [3.8, 4) is 0 Å². The summed E-state index contributed by atoms with van der Waals surface area (Å²) in [7, 11) is 2.07. The van der Waals surface area contributed by atoms with Crippen LogP contribution in [-0.2, 0) is 0 Å². The first-order valence-electron chi connectivity index (χ1n) is 9.49. The maximum absolute atomic E-state index is 13.3. The zero-order valence-electron chi connectivity index (χ0n) is 18.6. The van der Waals surface area contributed by atoms with E-state index < -0.39 is 11.7 Å². The molecule has 30 heavy (non-hydrogen) atoms. The molecule has 0 bridgehead atoms. The van der Waals surface area contributed by atoms with Gasteiger partial charge in [-0.05, 0) is 45.5 Å². The van der Waals surface area contributed by atoms with Crippen molar-refractivity contribution in [2.24, 2.45) is 0 Å². The van der Waals surface area contributed by atoms with Crippen molar-refractivity contribution >= 4 is 23.2 Å². The van der Waals surface area contributed by atoms with Crippen LogP contribution in [0.2, 0.25) is 0 Å². The largest absolute Gasteiger partial charge is 1.00 e. The predicted molar refractivity (Wildman–Crippen MR) is 117 cm³/mol. The van der Waals surface area contributed by atoms with Crippen molar-refractivity contribution in [2.75, 3.05) is 32.0 Å². The molecule has 1 aliphatic heterocycles. The van der Waals surface area contributed by atoms with Gasteiger partial charge in [-0.15, -0.1) is 0 Å². The van der Waals surface area contributed by atoms with Crippen molar-refractivity contribution in [3.63, 3.8) is 0 Å². The zero-order valence-corrected chi connectivity index (χ0v) is 24.9. The number of likely N-dealkylation sites (tertiary alicyclic amines) is 1. The molecule has 1 aromatic rings. The number of nitrogens with zero attached hydrogens (tertiary/aromatic N) is 2. The summed E-state index contributed by atoms with van der Waals surface area (Å²) in [6.07, 6.45) is -0.460. The van der Waals surface area contributed by atoms with Gasteiger partial charge in [-0.25, -0.2) is 4.98 Å². The van der Waals surface area contributed by atoms with Crippen LogP contribution in [0.4, 0.5) is 19.0 Å². The molecule has 1 fully saturated rings. The quantitative estimate of drug-likeness (QED) is 0.495. The van der Waals surface area contributed by atoms with Gasteiger partial charge in [-0.2, -0.15) is 13.2 Å². The van der Waals surface area contributed by atoms with E-state index in [1.165, 1.54) is 6.08 Å². The minimum absolute atomic E-state index is 0. The fourth-order valence-electron chi connectivity index (χ4n) is 3.20. The summed E-state index contributed by atoms with van der Waals surface area (Å²) in [5.74, 6) is 0.370. The number of aromatic nitrogens is 1. The molecule has 1 saturated heterocycles. The third-order valence-corrected chi connectivity index (χ3v) is 4.87. The van der Waals surface area contributed by atoms with Crippen LogP contribution in [0.1, 0.15) is 43.0 Å². The van der Waals surface area contributed by atoms with Gasteiger partial charge >= 0.3 is 75.1 Å². The second-order valence-electron chi connectivity index (χ2n) is 7.12. The number of nitrogens with one attached hydrogen (secondary N) is 2. The number of rotatable bonds is 8. The van der Waals surface area contributed by atoms with Crippen LogP contribution in [0.15, 0.2) is 25.8 Å². The van der Waals surface area contributed by atoms with Crippen molar-refractivity contribution in [1.82, 2.24) is 15.2 Å². The minimum Gasteiger partial charge on any atom is -0.382 e. The van der Waals surface area contributed by atoms with E-state index in [2.05, 4.69) is 47.3 Å². The van der Waals surface area contributed by atoms with Crippen LogP contribution >= 0.6 is 0 Å². The van der Waals surface area contributed by atoms with Crippen LogP contribution in [0, 0.1) is 7.43 Å². The molecule has 2 rings (SSSR count). The summed E-state index contributed by atoms with van der Waals surface area (Å²) in [5, 5.41) is 6.45. The smallest absolute Gasteiger partial charge is 0.382 e. The predicted octanol–water partition coefficient (Wildman–Crippen LogP) is 2.23. The third kappa shape index (κ3) is 8.04. The number of hydrogen-bond donors (Lipinski definition) is 2. The minimum atomic E-state index is -4.58. The Labute approximate surface area is 237 Å². The fourth-order valence-corrected chi connectivity index (χ4v) is 3.20. The van der Waals surface area contributed by atoms with Crippen molar-refractivity contribution in [1.29, 1.82) is 0 Å². The Bertz CT molecular complexity index is 739. The fraction of sp³-hybridized carbons (Fsp3) is 0.455. The van der Waals surface area contributed by atoms with E-state index in [0.29, 0.717) is 23.6 Å². The molecule has 0 radical (unpaired) electrons. The molecular formula is C22H32CsF3N4. The summed E-state index contributed by atoms with van der Waals surface area (Å²) in [6, 6.07) is 1.96. The Kier molecular flexibility index (Phi) is 13.2. The van der Waals surface area contributed by atoms with Crippen LogP contribution in [-0.4, -0.2) is 48.8 Å². The monoisotopic (exact) mass is 542 g/mol. The molecule has 0 spiro atoms. The van der Waals surface area contributed by atoms with Gasteiger partial charge < -0.3 is 23.0 Å². The Morgan fingerprint density at radius 2 is 1.90 bits per heavy atom. The van der Waals surface area contributed by atoms with Crippen LogP contribution in [0.25, 0.3) is 17.3 Å². The van der Waals surface area contributed by atoms with Crippen molar-refractivity contribution < 1.29 is 82.1 Å². The van der Waals surface area contributed by atoms with Gasteiger partial charge in [0.2, 0.25) is 0 Å².